The van der Waals surface area contributed by atoms with Gasteiger partial charge in [0.25, 0.3) is 0 Å². The van der Waals surface area contributed by atoms with E-state index in [1.807, 2.05) is 30.3 Å². The lowest BCUT2D eigenvalue weighted by Gasteiger charge is -2.13. The second-order valence-corrected chi connectivity index (χ2v) is 5.52. The van der Waals surface area contributed by atoms with E-state index >= 15 is 0 Å². The van der Waals surface area contributed by atoms with Gasteiger partial charge in [-0.15, -0.1) is 0 Å². The molecule has 0 aliphatic heterocycles. The molecule has 0 bridgehead atoms. The highest BCUT2D eigenvalue weighted by molar-refractivity contribution is 5.90. The summed E-state index contributed by atoms with van der Waals surface area (Å²) in [5.74, 6) is 0.657. The lowest BCUT2D eigenvalue weighted by atomic mass is 10.2. The molecular formula is C19H19N5O2. The van der Waals surface area contributed by atoms with Gasteiger partial charge in [0, 0.05) is 12.2 Å². The SMILES string of the molecule is COC(=O)c1ccc(Nc2ncnc(NCc3ccccc3)c2N)cc1. The molecule has 7 nitrogen and oxygen atoms in total. The lowest BCUT2D eigenvalue weighted by molar-refractivity contribution is 0.0601. The summed E-state index contributed by atoms with van der Waals surface area (Å²) in [6.07, 6.45) is 1.44. The Balaban J connectivity index is 1.71. The topological polar surface area (TPSA) is 102 Å². The van der Waals surface area contributed by atoms with E-state index in [0.717, 1.165) is 11.3 Å². The van der Waals surface area contributed by atoms with E-state index in [0.29, 0.717) is 29.4 Å². The molecule has 2 aromatic carbocycles. The summed E-state index contributed by atoms with van der Waals surface area (Å²) in [6.45, 7) is 0.606. The first kappa shape index (κ1) is 17.2. The van der Waals surface area contributed by atoms with Gasteiger partial charge in [-0.3, -0.25) is 0 Å². The molecule has 0 spiro atoms. The molecule has 0 saturated carbocycles. The van der Waals surface area contributed by atoms with Gasteiger partial charge in [-0.1, -0.05) is 30.3 Å². The van der Waals surface area contributed by atoms with Crippen LogP contribution < -0.4 is 16.4 Å². The van der Waals surface area contributed by atoms with Crippen LogP contribution in [0.15, 0.2) is 60.9 Å². The van der Waals surface area contributed by atoms with Crippen LogP contribution in [0.1, 0.15) is 15.9 Å². The quantitative estimate of drug-likeness (QED) is 0.587. The monoisotopic (exact) mass is 349 g/mol. The van der Waals surface area contributed by atoms with E-state index in [1.54, 1.807) is 24.3 Å². The molecule has 0 unspecified atom stereocenters. The van der Waals surface area contributed by atoms with Crippen LogP contribution >= 0.6 is 0 Å². The summed E-state index contributed by atoms with van der Waals surface area (Å²) in [4.78, 5) is 19.9. The van der Waals surface area contributed by atoms with Crippen LogP contribution in [0.2, 0.25) is 0 Å². The van der Waals surface area contributed by atoms with Gasteiger partial charge in [0.15, 0.2) is 11.6 Å². The van der Waals surface area contributed by atoms with Crippen molar-refractivity contribution < 1.29 is 9.53 Å². The highest BCUT2D eigenvalue weighted by atomic mass is 16.5. The molecule has 0 amide bonds. The van der Waals surface area contributed by atoms with Crippen LogP contribution in [0.3, 0.4) is 0 Å². The summed E-state index contributed by atoms with van der Waals surface area (Å²) in [5.41, 5.74) is 8.93. The first-order valence-electron chi connectivity index (χ1n) is 8.01. The second kappa shape index (κ2) is 7.98. The molecule has 26 heavy (non-hydrogen) atoms. The zero-order valence-electron chi connectivity index (χ0n) is 14.3. The summed E-state index contributed by atoms with van der Waals surface area (Å²) in [7, 11) is 1.35. The third-order valence-corrected chi connectivity index (χ3v) is 3.76. The van der Waals surface area contributed by atoms with Crippen molar-refractivity contribution in [3.63, 3.8) is 0 Å². The summed E-state index contributed by atoms with van der Waals surface area (Å²) in [6, 6.07) is 16.8. The Morgan fingerprint density at radius 3 is 2.42 bits per heavy atom. The third kappa shape index (κ3) is 4.07. The van der Waals surface area contributed by atoms with Crippen molar-refractivity contribution in [2.45, 2.75) is 6.54 Å². The Morgan fingerprint density at radius 1 is 1.04 bits per heavy atom. The van der Waals surface area contributed by atoms with Gasteiger partial charge in [-0.25, -0.2) is 14.8 Å². The Labute approximate surface area is 151 Å². The molecule has 0 radical (unpaired) electrons. The maximum atomic E-state index is 11.5. The Morgan fingerprint density at radius 2 is 1.73 bits per heavy atom. The number of aromatic nitrogens is 2. The van der Waals surface area contributed by atoms with Gasteiger partial charge in [0.2, 0.25) is 0 Å². The molecule has 1 heterocycles. The number of hydrogen-bond acceptors (Lipinski definition) is 7. The van der Waals surface area contributed by atoms with Gasteiger partial charge < -0.3 is 21.1 Å². The van der Waals surface area contributed by atoms with Crippen molar-refractivity contribution in [3.05, 3.63) is 72.1 Å². The zero-order valence-corrected chi connectivity index (χ0v) is 14.3. The summed E-state index contributed by atoms with van der Waals surface area (Å²) >= 11 is 0. The van der Waals surface area contributed by atoms with Crippen LogP contribution in [-0.4, -0.2) is 23.0 Å². The smallest absolute Gasteiger partial charge is 0.337 e. The molecule has 1 aromatic heterocycles. The minimum Gasteiger partial charge on any atom is -0.465 e. The molecule has 0 fully saturated rings. The van der Waals surface area contributed by atoms with Crippen molar-refractivity contribution in [3.8, 4) is 0 Å². The fourth-order valence-corrected chi connectivity index (χ4v) is 2.36. The van der Waals surface area contributed by atoms with E-state index in [1.165, 1.54) is 13.4 Å². The predicted octanol–water partition coefficient (Wildman–Crippen LogP) is 3.20. The molecule has 0 atom stereocenters. The van der Waals surface area contributed by atoms with E-state index in [9.17, 15) is 4.79 Å². The van der Waals surface area contributed by atoms with Crippen molar-refractivity contribution in [1.82, 2.24) is 9.97 Å². The highest BCUT2D eigenvalue weighted by Crippen LogP contribution is 2.26. The fraction of sp³-hybridized carbons (Fsp3) is 0.105. The maximum Gasteiger partial charge on any atom is 0.337 e. The number of nitrogen functional groups attached to an aromatic ring is 1. The van der Waals surface area contributed by atoms with Crippen molar-refractivity contribution in [2.75, 3.05) is 23.5 Å². The molecule has 0 aliphatic rings. The number of ether oxygens (including phenoxy) is 1. The van der Waals surface area contributed by atoms with Gasteiger partial charge in [-0.2, -0.15) is 0 Å². The Kier molecular flexibility index (Phi) is 5.28. The van der Waals surface area contributed by atoms with Crippen LogP contribution in [0, 0.1) is 0 Å². The van der Waals surface area contributed by atoms with Gasteiger partial charge in [-0.05, 0) is 29.8 Å². The first-order chi connectivity index (χ1) is 12.7. The average molecular weight is 349 g/mol. The molecule has 3 rings (SSSR count). The number of methoxy groups -OCH3 is 1. The average Bonchev–Trinajstić information content (AvgIpc) is 2.69. The molecular weight excluding hydrogens is 330 g/mol. The Hall–Kier alpha value is -3.61. The number of nitrogens with two attached hydrogens (primary N) is 1. The second-order valence-electron chi connectivity index (χ2n) is 5.52. The number of benzene rings is 2. The molecule has 132 valence electrons. The minimum absolute atomic E-state index is 0.384. The predicted molar refractivity (Wildman–Crippen MR) is 101 cm³/mol. The number of carbonyl (C=O) groups excluding carboxylic acids is 1. The van der Waals surface area contributed by atoms with Crippen molar-refractivity contribution >= 4 is 29.0 Å². The normalized spacial score (nSPS) is 10.2. The lowest BCUT2D eigenvalue weighted by Crippen LogP contribution is -2.08. The van der Waals surface area contributed by atoms with Crippen LogP contribution in [-0.2, 0) is 11.3 Å². The molecule has 3 aromatic rings. The first-order valence-corrected chi connectivity index (χ1v) is 8.01. The van der Waals surface area contributed by atoms with Crippen LogP contribution in [0.5, 0.6) is 0 Å². The van der Waals surface area contributed by atoms with Crippen LogP contribution in [0.25, 0.3) is 0 Å². The van der Waals surface area contributed by atoms with E-state index in [2.05, 4.69) is 25.3 Å². The maximum absolute atomic E-state index is 11.5. The van der Waals surface area contributed by atoms with E-state index in [4.69, 9.17) is 5.73 Å². The highest BCUT2D eigenvalue weighted by Gasteiger charge is 2.09. The van der Waals surface area contributed by atoms with Gasteiger partial charge >= 0.3 is 5.97 Å². The fourth-order valence-electron chi connectivity index (χ4n) is 2.36. The number of nitrogens with zero attached hydrogens (tertiary/aromatic N) is 2. The zero-order chi connectivity index (χ0) is 18.4. The molecule has 7 heteroatoms. The summed E-state index contributed by atoms with van der Waals surface area (Å²) < 4.78 is 4.68. The van der Waals surface area contributed by atoms with Crippen molar-refractivity contribution in [2.24, 2.45) is 0 Å². The number of rotatable bonds is 6. The van der Waals surface area contributed by atoms with Gasteiger partial charge in [0.05, 0.1) is 12.7 Å². The number of carbonyl (C=O) groups is 1. The van der Waals surface area contributed by atoms with Gasteiger partial charge in [0.1, 0.15) is 12.0 Å². The largest absolute Gasteiger partial charge is 0.465 e. The van der Waals surface area contributed by atoms with Crippen LogP contribution in [0.4, 0.5) is 23.0 Å². The van der Waals surface area contributed by atoms with E-state index < -0.39 is 0 Å². The number of hydrogen-bond donors (Lipinski definition) is 3. The third-order valence-electron chi connectivity index (χ3n) is 3.76. The Bertz CT molecular complexity index is 882. The standard InChI is InChI=1S/C19H19N5O2/c1-26-19(25)14-7-9-15(10-8-14)24-18-16(20)17(22-12-23-18)21-11-13-5-3-2-4-6-13/h2-10,12H,11,20H2,1H3,(H2,21,22,23,24). The molecule has 0 saturated heterocycles. The molecule has 4 N–H and O–H groups in total. The number of anilines is 4. The minimum atomic E-state index is -0.384. The molecule has 0 aliphatic carbocycles. The van der Waals surface area contributed by atoms with Crippen molar-refractivity contribution in [1.29, 1.82) is 0 Å². The number of nitrogens with one attached hydrogen (secondary N) is 2. The number of esters is 1. The summed E-state index contributed by atoms with van der Waals surface area (Å²) in [5, 5.41) is 6.34. The van der Waals surface area contributed by atoms with E-state index in [-0.39, 0.29) is 5.97 Å².